The summed E-state index contributed by atoms with van der Waals surface area (Å²) in [5.41, 5.74) is 4.63. The summed E-state index contributed by atoms with van der Waals surface area (Å²) in [7, 11) is 0. The van der Waals surface area contributed by atoms with Crippen LogP contribution in [-0.2, 0) is 4.79 Å². The SMILES string of the molecule is O=C1Nc2ccccc2N2NN(c3cccc(F)c3)C(O)=C12. The van der Waals surface area contributed by atoms with Crippen LogP contribution in [0.1, 0.15) is 0 Å². The molecule has 2 heterocycles. The third-order valence-corrected chi connectivity index (χ3v) is 3.52. The lowest BCUT2D eigenvalue weighted by molar-refractivity contribution is -0.113. The van der Waals surface area contributed by atoms with Crippen molar-refractivity contribution in [2.75, 3.05) is 15.3 Å². The van der Waals surface area contributed by atoms with E-state index >= 15 is 0 Å². The van der Waals surface area contributed by atoms with Crippen LogP contribution >= 0.6 is 0 Å². The van der Waals surface area contributed by atoms with Gasteiger partial charge in [-0.25, -0.2) is 14.4 Å². The number of aliphatic hydroxyl groups is 1. The van der Waals surface area contributed by atoms with Crippen LogP contribution in [0.25, 0.3) is 0 Å². The molecule has 0 bridgehead atoms. The highest BCUT2D eigenvalue weighted by atomic mass is 19.1. The van der Waals surface area contributed by atoms with E-state index in [1.54, 1.807) is 24.3 Å². The molecule has 2 aliphatic rings. The van der Waals surface area contributed by atoms with E-state index in [9.17, 15) is 14.3 Å². The van der Waals surface area contributed by atoms with Crippen LogP contribution < -0.4 is 20.9 Å². The van der Waals surface area contributed by atoms with E-state index in [1.807, 2.05) is 6.07 Å². The van der Waals surface area contributed by atoms with Gasteiger partial charge in [-0.2, -0.15) is 0 Å². The van der Waals surface area contributed by atoms with Gasteiger partial charge < -0.3 is 10.4 Å². The van der Waals surface area contributed by atoms with E-state index < -0.39 is 11.7 Å². The maximum atomic E-state index is 13.4. The second-order valence-electron chi connectivity index (χ2n) is 4.89. The Balaban J connectivity index is 1.82. The number of para-hydroxylation sites is 2. The van der Waals surface area contributed by atoms with Crippen molar-refractivity contribution >= 4 is 23.0 Å². The fourth-order valence-electron chi connectivity index (χ4n) is 2.53. The molecular weight excluding hydrogens is 287 g/mol. The summed E-state index contributed by atoms with van der Waals surface area (Å²) in [6, 6.07) is 12.9. The molecule has 0 saturated carbocycles. The molecule has 7 heteroatoms. The highest BCUT2D eigenvalue weighted by Gasteiger charge is 2.39. The molecule has 2 aromatic carbocycles. The fourth-order valence-corrected chi connectivity index (χ4v) is 2.53. The number of hydrogen-bond donors (Lipinski definition) is 3. The lowest BCUT2D eigenvalue weighted by atomic mass is 10.2. The monoisotopic (exact) mass is 298 g/mol. The van der Waals surface area contributed by atoms with Gasteiger partial charge in [-0.15, -0.1) is 5.53 Å². The van der Waals surface area contributed by atoms with Crippen LogP contribution in [0.3, 0.4) is 0 Å². The summed E-state index contributed by atoms with van der Waals surface area (Å²) in [4.78, 5) is 12.2. The number of carbonyl (C=O) groups is 1. The zero-order valence-corrected chi connectivity index (χ0v) is 11.2. The summed E-state index contributed by atoms with van der Waals surface area (Å²) < 4.78 is 13.4. The summed E-state index contributed by atoms with van der Waals surface area (Å²) in [5.74, 6) is -1.17. The maximum Gasteiger partial charge on any atom is 0.279 e. The molecular formula is C15H11FN4O2. The molecule has 0 radical (unpaired) electrons. The second-order valence-corrected chi connectivity index (χ2v) is 4.89. The minimum absolute atomic E-state index is 0.0583. The number of hydrogen-bond acceptors (Lipinski definition) is 5. The van der Waals surface area contributed by atoms with Crippen molar-refractivity contribution in [1.29, 1.82) is 0 Å². The molecule has 2 aromatic rings. The van der Waals surface area contributed by atoms with Gasteiger partial charge in [-0.1, -0.05) is 18.2 Å². The summed E-state index contributed by atoms with van der Waals surface area (Å²) in [6.45, 7) is 0. The maximum absolute atomic E-state index is 13.4. The molecule has 1 amide bonds. The molecule has 22 heavy (non-hydrogen) atoms. The Morgan fingerprint density at radius 1 is 1.05 bits per heavy atom. The van der Waals surface area contributed by atoms with Crippen LogP contribution in [0, 0.1) is 5.82 Å². The van der Waals surface area contributed by atoms with Crippen molar-refractivity contribution in [2.45, 2.75) is 0 Å². The van der Waals surface area contributed by atoms with Crippen molar-refractivity contribution < 1.29 is 14.3 Å². The quantitative estimate of drug-likeness (QED) is 0.753. The molecule has 3 N–H and O–H groups in total. The first-order chi connectivity index (χ1) is 10.6. The Hall–Kier alpha value is -3.06. The number of fused-ring (bicyclic) bond motifs is 3. The van der Waals surface area contributed by atoms with E-state index in [2.05, 4.69) is 10.9 Å². The molecule has 4 rings (SSSR count). The zero-order valence-electron chi connectivity index (χ0n) is 11.2. The Bertz CT molecular complexity index is 821. The highest BCUT2D eigenvalue weighted by Crippen LogP contribution is 2.37. The Kier molecular flexibility index (Phi) is 2.57. The Labute approximate surface area is 125 Å². The van der Waals surface area contributed by atoms with Crippen molar-refractivity contribution in [2.24, 2.45) is 0 Å². The van der Waals surface area contributed by atoms with Gasteiger partial charge in [0.25, 0.3) is 5.91 Å². The average Bonchev–Trinajstić information content (AvgIpc) is 2.86. The van der Waals surface area contributed by atoms with Gasteiger partial charge in [0.2, 0.25) is 5.88 Å². The number of rotatable bonds is 1. The van der Waals surface area contributed by atoms with Crippen molar-refractivity contribution in [3.63, 3.8) is 0 Å². The molecule has 0 aromatic heterocycles. The molecule has 0 fully saturated rings. The molecule has 0 spiro atoms. The third kappa shape index (κ3) is 1.73. The van der Waals surface area contributed by atoms with Gasteiger partial charge >= 0.3 is 0 Å². The predicted molar refractivity (Wildman–Crippen MR) is 79.2 cm³/mol. The van der Waals surface area contributed by atoms with Crippen LogP contribution in [0.2, 0.25) is 0 Å². The number of nitrogens with zero attached hydrogens (tertiary/aromatic N) is 2. The first-order valence-electron chi connectivity index (χ1n) is 6.61. The number of halogens is 1. The van der Waals surface area contributed by atoms with Crippen LogP contribution in [0.4, 0.5) is 21.5 Å². The van der Waals surface area contributed by atoms with Crippen molar-refractivity contribution in [3.05, 3.63) is 65.9 Å². The minimum Gasteiger partial charge on any atom is -0.492 e. The van der Waals surface area contributed by atoms with Crippen molar-refractivity contribution in [1.82, 2.24) is 5.53 Å². The standard InChI is InChI=1S/C15H11FN4O2/c16-9-4-3-5-10(8-9)19-15(22)13-14(21)17-11-6-1-2-7-12(11)20(13)18-19/h1-8,18,22H,(H,17,21). The van der Waals surface area contributed by atoms with E-state index in [0.717, 1.165) is 0 Å². The van der Waals surface area contributed by atoms with Crippen LogP contribution in [0.5, 0.6) is 0 Å². The second kappa shape index (κ2) is 4.47. The molecule has 110 valence electrons. The fraction of sp³-hybridized carbons (Fsp3) is 0. The molecule has 2 aliphatic heterocycles. The van der Waals surface area contributed by atoms with E-state index in [-0.39, 0.29) is 11.6 Å². The van der Waals surface area contributed by atoms with E-state index in [1.165, 1.54) is 28.2 Å². The highest BCUT2D eigenvalue weighted by molar-refractivity contribution is 6.12. The molecule has 0 aliphatic carbocycles. The first kappa shape index (κ1) is 12.7. The summed E-state index contributed by atoms with van der Waals surface area (Å²) in [5, 5.41) is 15.8. The largest absolute Gasteiger partial charge is 0.492 e. The molecule has 6 nitrogen and oxygen atoms in total. The van der Waals surface area contributed by atoms with Gasteiger partial charge in [-0.3, -0.25) is 4.79 Å². The number of carbonyl (C=O) groups excluding carboxylic acids is 1. The van der Waals surface area contributed by atoms with Gasteiger partial charge in [0.1, 0.15) is 5.82 Å². The topological polar surface area (TPSA) is 67.8 Å². The number of benzene rings is 2. The molecule has 0 saturated heterocycles. The zero-order chi connectivity index (χ0) is 15.3. The van der Waals surface area contributed by atoms with Gasteiger partial charge in [-0.05, 0) is 30.3 Å². The number of anilines is 3. The van der Waals surface area contributed by atoms with Gasteiger partial charge in [0.15, 0.2) is 5.70 Å². The average molecular weight is 298 g/mol. The lowest BCUT2D eigenvalue weighted by Gasteiger charge is -2.28. The number of amides is 1. The molecule has 0 atom stereocenters. The van der Waals surface area contributed by atoms with Gasteiger partial charge in [0.05, 0.1) is 17.1 Å². The van der Waals surface area contributed by atoms with Crippen molar-refractivity contribution in [3.8, 4) is 0 Å². The normalized spacial score (nSPS) is 16.5. The Morgan fingerprint density at radius 2 is 1.86 bits per heavy atom. The van der Waals surface area contributed by atoms with Crippen LogP contribution in [-0.4, -0.2) is 11.0 Å². The number of nitrogens with one attached hydrogen (secondary N) is 2. The van der Waals surface area contributed by atoms with Crippen LogP contribution in [0.15, 0.2) is 60.1 Å². The summed E-state index contributed by atoms with van der Waals surface area (Å²) in [6.07, 6.45) is 0. The smallest absolute Gasteiger partial charge is 0.279 e. The minimum atomic E-state index is -0.442. The number of hydrazine groups is 2. The van der Waals surface area contributed by atoms with Gasteiger partial charge in [0, 0.05) is 0 Å². The number of aliphatic hydroxyl groups excluding tert-OH is 1. The first-order valence-corrected chi connectivity index (χ1v) is 6.61. The molecule has 0 unspecified atom stereocenters. The third-order valence-electron chi connectivity index (χ3n) is 3.52. The summed E-state index contributed by atoms with van der Waals surface area (Å²) >= 11 is 0. The van der Waals surface area contributed by atoms with E-state index in [0.29, 0.717) is 17.1 Å². The van der Waals surface area contributed by atoms with E-state index in [4.69, 9.17) is 0 Å². The Morgan fingerprint density at radius 3 is 2.68 bits per heavy atom. The predicted octanol–water partition coefficient (Wildman–Crippen LogP) is 2.25. The lowest BCUT2D eigenvalue weighted by Crippen LogP contribution is -2.45.